The molecule has 0 amide bonds. The number of rotatable bonds is 7. The Kier molecular flexibility index (Phi) is 4.63. The fourth-order valence-corrected chi connectivity index (χ4v) is 2.08. The van der Waals surface area contributed by atoms with Gasteiger partial charge in [0.15, 0.2) is 11.5 Å². The number of carboxylic acid groups (broad SMARTS) is 1. The summed E-state index contributed by atoms with van der Waals surface area (Å²) in [6.07, 6.45) is 1.74. The maximum absolute atomic E-state index is 10.4. The number of benzene rings is 1. The second kappa shape index (κ2) is 6.43. The van der Waals surface area contributed by atoms with Crippen molar-refractivity contribution in [3.8, 4) is 11.5 Å². The van der Waals surface area contributed by atoms with Crippen molar-refractivity contribution in [1.29, 1.82) is 0 Å². The summed E-state index contributed by atoms with van der Waals surface area (Å²) < 4.78 is 10.6. The molecule has 104 valence electrons. The largest absolute Gasteiger partial charge is 0.481 e. The first-order valence-electron chi connectivity index (χ1n) is 6.49. The zero-order valence-corrected chi connectivity index (χ0v) is 11.0. The lowest BCUT2D eigenvalue weighted by atomic mass is 10.1. The average Bonchev–Trinajstić information content (AvgIpc) is 2.82. The monoisotopic (exact) mass is 265 g/mol. The highest BCUT2D eigenvalue weighted by Crippen LogP contribution is 2.32. The van der Waals surface area contributed by atoms with E-state index in [1.165, 1.54) is 5.56 Å². The van der Waals surface area contributed by atoms with Crippen molar-refractivity contribution in [3.05, 3.63) is 23.8 Å². The number of carboxylic acids is 1. The minimum atomic E-state index is -0.745. The molecule has 0 saturated carbocycles. The molecule has 0 bridgehead atoms. The quantitative estimate of drug-likeness (QED) is 0.736. The Morgan fingerprint density at radius 3 is 3.00 bits per heavy atom. The molecule has 0 spiro atoms. The van der Waals surface area contributed by atoms with E-state index in [9.17, 15) is 4.79 Å². The molecular weight excluding hydrogens is 246 g/mol. The molecule has 2 rings (SSSR count). The first kappa shape index (κ1) is 13.7. The molecule has 0 aliphatic carbocycles. The lowest BCUT2D eigenvalue weighted by Crippen LogP contribution is -2.29. The molecular formula is C14H19NO4. The maximum atomic E-state index is 10.4. The van der Waals surface area contributed by atoms with Crippen LogP contribution in [-0.2, 0) is 11.2 Å². The molecule has 1 unspecified atom stereocenters. The third kappa shape index (κ3) is 4.13. The summed E-state index contributed by atoms with van der Waals surface area (Å²) in [4.78, 5) is 10.4. The molecule has 19 heavy (non-hydrogen) atoms. The molecule has 0 aromatic heterocycles. The van der Waals surface area contributed by atoms with E-state index in [0.717, 1.165) is 24.5 Å². The summed E-state index contributed by atoms with van der Waals surface area (Å²) in [6, 6.07) is 6.25. The first-order valence-corrected chi connectivity index (χ1v) is 6.49. The van der Waals surface area contributed by atoms with E-state index in [2.05, 4.69) is 12.2 Å². The van der Waals surface area contributed by atoms with Crippen LogP contribution < -0.4 is 14.8 Å². The van der Waals surface area contributed by atoms with Gasteiger partial charge >= 0.3 is 5.97 Å². The lowest BCUT2D eigenvalue weighted by Gasteiger charge is -2.13. The summed E-state index contributed by atoms with van der Waals surface area (Å²) in [5.74, 6) is 0.853. The minimum absolute atomic E-state index is 0.212. The molecule has 1 aliphatic rings. The number of hydrogen-bond donors (Lipinski definition) is 2. The van der Waals surface area contributed by atoms with Crippen LogP contribution >= 0.6 is 0 Å². The summed E-state index contributed by atoms with van der Waals surface area (Å²) in [6.45, 7) is 3.10. The van der Waals surface area contributed by atoms with Crippen molar-refractivity contribution in [2.24, 2.45) is 0 Å². The second-order valence-corrected chi connectivity index (χ2v) is 4.74. The Balaban J connectivity index is 1.75. The molecule has 5 nitrogen and oxygen atoms in total. The van der Waals surface area contributed by atoms with Gasteiger partial charge in [0.25, 0.3) is 0 Å². The van der Waals surface area contributed by atoms with Gasteiger partial charge in [-0.3, -0.25) is 4.79 Å². The lowest BCUT2D eigenvalue weighted by molar-refractivity contribution is -0.137. The number of carbonyl (C=O) groups is 1. The Hall–Kier alpha value is -1.75. The topological polar surface area (TPSA) is 67.8 Å². The molecule has 5 heteroatoms. The van der Waals surface area contributed by atoms with E-state index in [4.69, 9.17) is 14.6 Å². The van der Waals surface area contributed by atoms with Crippen LogP contribution in [0.25, 0.3) is 0 Å². The van der Waals surface area contributed by atoms with Gasteiger partial charge in [0.1, 0.15) is 0 Å². The van der Waals surface area contributed by atoms with Crippen molar-refractivity contribution >= 4 is 5.97 Å². The first-order chi connectivity index (χ1) is 9.15. The van der Waals surface area contributed by atoms with Crippen LogP contribution in [0.15, 0.2) is 18.2 Å². The number of fused-ring (bicyclic) bond motifs is 1. The summed E-state index contributed by atoms with van der Waals surface area (Å²) in [7, 11) is 0. The third-order valence-electron chi connectivity index (χ3n) is 3.04. The fraction of sp³-hybridized carbons (Fsp3) is 0.500. The summed E-state index contributed by atoms with van der Waals surface area (Å²) in [5.41, 5.74) is 1.18. The normalized spacial score (nSPS) is 14.4. The molecule has 1 atom stereocenters. The Labute approximate surface area is 112 Å². The third-order valence-corrected chi connectivity index (χ3v) is 3.04. The zero-order valence-electron chi connectivity index (χ0n) is 11.0. The smallest absolute Gasteiger partial charge is 0.303 e. The highest BCUT2D eigenvalue weighted by molar-refractivity contribution is 5.66. The van der Waals surface area contributed by atoms with Crippen LogP contribution in [-0.4, -0.2) is 30.5 Å². The molecule has 0 fully saturated rings. The highest BCUT2D eigenvalue weighted by atomic mass is 16.7. The SMILES string of the molecule is CC(Cc1ccc2c(c1)OCO2)NCCCC(=O)O. The number of aliphatic carboxylic acids is 1. The van der Waals surface area contributed by atoms with E-state index in [1.54, 1.807) is 0 Å². The molecule has 2 N–H and O–H groups in total. The van der Waals surface area contributed by atoms with Crippen LogP contribution in [0.4, 0.5) is 0 Å². The minimum Gasteiger partial charge on any atom is -0.481 e. The van der Waals surface area contributed by atoms with Gasteiger partial charge in [-0.25, -0.2) is 0 Å². The number of nitrogens with one attached hydrogen (secondary N) is 1. The zero-order chi connectivity index (χ0) is 13.7. The second-order valence-electron chi connectivity index (χ2n) is 4.74. The van der Waals surface area contributed by atoms with Crippen LogP contribution in [0.1, 0.15) is 25.3 Å². The van der Waals surface area contributed by atoms with Crippen molar-refractivity contribution in [3.63, 3.8) is 0 Å². The van der Waals surface area contributed by atoms with Gasteiger partial charge < -0.3 is 19.9 Å². The summed E-state index contributed by atoms with van der Waals surface area (Å²) >= 11 is 0. The van der Waals surface area contributed by atoms with E-state index in [1.807, 2.05) is 18.2 Å². The fourth-order valence-electron chi connectivity index (χ4n) is 2.08. The van der Waals surface area contributed by atoms with E-state index < -0.39 is 5.97 Å². The molecule has 1 heterocycles. The van der Waals surface area contributed by atoms with Gasteiger partial charge in [0.05, 0.1) is 0 Å². The van der Waals surface area contributed by atoms with Gasteiger partial charge in [0.2, 0.25) is 6.79 Å². The summed E-state index contributed by atoms with van der Waals surface area (Å²) in [5, 5.41) is 11.9. The van der Waals surface area contributed by atoms with Crippen molar-refractivity contribution in [2.75, 3.05) is 13.3 Å². The Morgan fingerprint density at radius 1 is 1.42 bits per heavy atom. The van der Waals surface area contributed by atoms with E-state index in [0.29, 0.717) is 19.3 Å². The predicted octanol–water partition coefficient (Wildman–Crippen LogP) is 1.80. The van der Waals surface area contributed by atoms with Gasteiger partial charge in [-0.15, -0.1) is 0 Å². The van der Waals surface area contributed by atoms with Crippen molar-refractivity contribution in [2.45, 2.75) is 32.2 Å². The average molecular weight is 265 g/mol. The number of hydrogen-bond acceptors (Lipinski definition) is 4. The van der Waals surface area contributed by atoms with Gasteiger partial charge in [0, 0.05) is 12.5 Å². The van der Waals surface area contributed by atoms with Gasteiger partial charge in [-0.05, 0) is 44.0 Å². The van der Waals surface area contributed by atoms with E-state index in [-0.39, 0.29) is 6.42 Å². The molecule has 0 saturated heterocycles. The van der Waals surface area contributed by atoms with Crippen molar-refractivity contribution < 1.29 is 19.4 Å². The van der Waals surface area contributed by atoms with Crippen LogP contribution in [0.3, 0.4) is 0 Å². The van der Waals surface area contributed by atoms with Gasteiger partial charge in [-0.1, -0.05) is 6.07 Å². The maximum Gasteiger partial charge on any atom is 0.303 e. The van der Waals surface area contributed by atoms with Crippen molar-refractivity contribution in [1.82, 2.24) is 5.32 Å². The van der Waals surface area contributed by atoms with Crippen LogP contribution in [0, 0.1) is 0 Å². The molecule has 0 radical (unpaired) electrons. The van der Waals surface area contributed by atoms with Gasteiger partial charge in [-0.2, -0.15) is 0 Å². The van der Waals surface area contributed by atoms with Crippen LogP contribution in [0.2, 0.25) is 0 Å². The standard InChI is InChI=1S/C14H19NO4/c1-10(15-6-2-3-14(16)17)7-11-4-5-12-13(8-11)19-9-18-12/h4-5,8,10,15H,2-3,6-7,9H2,1H3,(H,16,17). The number of ether oxygens (including phenoxy) is 2. The Morgan fingerprint density at radius 2 is 2.21 bits per heavy atom. The highest BCUT2D eigenvalue weighted by Gasteiger charge is 2.14. The predicted molar refractivity (Wildman–Crippen MR) is 70.6 cm³/mol. The van der Waals surface area contributed by atoms with E-state index >= 15 is 0 Å². The molecule has 1 aliphatic heterocycles. The molecule has 1 aromatic carbocycles. The Bertz CT molecular complexity index is 447. The van der Waals surface area contributed by atoms with Crippen LogP contribution in [0.5, 0.6) is 11.5 Å². The molecule has 1 aromatic rings.